The molecular weight excluding hydrogens is 328 g/mol. The maximum absolute atomic E-state index is 11.9. The van der Waals surface area contributed by atoms with Crippen molar-refractivity contribution in [3.63, 3.8) is 0 Å². The third kappa shape index (κ3) is 4.19. The lowest BCUT2D eigenvalue weighted by molar-refractivity contribution is -0.121. The molecule has 0 unspecified atom stereocenters. The smallest absolute Gasteiger partial charge is 0.328 e. The van der Waals surface area contributed by atoms with Gasteiger partial charge in [-0.05, 0) is 25.7 Å². The van der Waals surface area contributed by atoms with Crippen LogP contribution >= 0.6 is 11.3 Å². The topological polar surface area (TPSA) is 96.9 Å². The Morgan fingerprint density at radius 3 is 2.96 bits per heavy atom. The number of aromatic nitrogens is 3. The van der Waals surface area contributed by atoms with Crippen molar-refractivity contribution in [2.24, 2.45) is 0 Å². The molecule has 1 aliphatic rings. The number of H-pyrrole nitrogens is 1. The summed E-state index contributed by atoms with van der Waals surface area (Å²) in [7, 11) is 0. The van der Waals surface area contributed by atoms with Gasteiger partial charge in [-0.1, -0.05) is 0 Å². The van der Waals surface area contributed by atoms with Gasteiger partial charge in [-0.15, -0.1) is 11.3 Å². The van der Waals surface area contributed by atoms with Crippen molar-refractivity contribution in [3.8, 4) is 0 Å². The van der Waals surface area contributed by atoms with Gasteiger partial charge in [0.1, 0.15) is 0 Å². The highest BCUT2D eigenvalue weighted by Gasteiger charge is 2.14. The molecule has 0 spiro atoms. The number of thiazole rings is 1. The molecule has 24 heavy (non-hydrogen) atoms. The summed E-state index contributed by atoms with van der Waals surface area (Å²) in [6, 6.07) is 1.27. The molecule has 0 saturated heterocycles. The van der Waals surface area contributed by atoms with Crippen molar-refractivity contribution in [2.75, 3.05) is 6.54 Å². The Kier molecular flexibility index (Phi) is 5.24. The highest BCUT2D eigenvalue weighted by Crippen LogP contribution is 2.26. The summed E-state index contributed by atoms with van der Waals surface area (Å²) in [6.45, 7) is 0.790. The molecule has 2 N–H and O–H groups in total. The van der Waals surface area contributed by atoms with Gasteiger partial charge in [0, 0.05) is 43.1 Å². The van der Waals surface area contributed by atoms with E-state index in [4.69, 9.17) is 0 Å². The number of carbonyl (C=O) groups is 1. The van der Waals surface area contributed by atoms with Crippen LogP contribution in [0.15, 0.2) is 21.9 Å². The first-order chi connectivity index (χ1) is 11.6. The number of aromatic amines is 1. The third-order valence-corrected chi connectivity index (χ3v) is 5.24. The van der Waals surface area contributed by atoms with E-state index in [1.54, 1.807) is 11.3 Å². The number of carbonyl (C=O) groups excluding carboxylic acids is 1. The van der Waals surface area contributed by atoms with Gasteiger partial charge in [-0.2, -0.15) is 0 Å². The molecule has 0 bridgehead atoms. The first kappa shape index (κ1) is 16.6. The zero-order chi connectivity index (χ0) is 16.9. The van der Waals surface area contributed by atoms with Crippen LogP contribution in [0.25, 0.3) is 0 Å². The number of nitrogens with one attached hydrogen (secondary N) is 2. The van der Waals surface area contributed by atoms with E-state index in [-0.39, 0.29) is 18.9 Å². The molecule has 0 aromatic carbocycles. The van der Waals surface area contributed by atoms with Gasteiger partial charge in [0.15, 0.2) is 0 Å². The number of hydrogen-bond donors (Lipinski definition) is 2. The van der Waals surface area contributed by atoms with Crippen LogP contribution in [0.2, 0.25) is 0 Å². The van der Waals surface area contributed by atoms with Gasteiger partial charge in [0.05, 0.1) is 10.7 Å². The molecule has 0 atom stereocenters. The van der Waals surface area contributed by atoms with E-state index >= 15 is 0 Å². The quantitative estimate of drug-likeness (QED) is 0.800. The fourth-order valence-electron chi connectivity index (χ4n) is 2.75. The SMILES string of the molecule is O=C(CCn1ccc(=O)[nH]c1=O)NCCc1nc2c(s1)CCCC2. The molecule has 1 aliphatic carbocycles. The molecule has 2 aromatic rings. The molecule has 8 heteroatoms. The van der Waals surface area contributed by atoms with E-state index in [1.165, 1.54) is 40.2 Å². The van der Waals surface area contributed by atoms with Crippen LogP contribution in [0, 0.1) is 0 Å². The number of amides is 1. The second kappa shape index (κ2) is 7.57. The Hall–Kier alpha value is -2.22. The molecule has 3 rings (SSSR count). The normalized spacial score (nSPS) is 13.5. The van der Waals surface area contributed by atoms with E-state index in [1.807, 2.05) is 0 Å². The molecule has 2 heterocycles. The second-order valence-electron chi connectivity index (χ2n) is 5.84. The summed E-state index contributed by atoms with van der Waals surface area (Å²) in [5, 5.41) is 3.94. The fourth-order valence-corrected chi connectivity index (χ4v) is 3.91. The van der Waals surface area contributed by atoms with Crippen LogP contribution in [-0.4, -0.2) is 27.0 Å². The van der Waals surface area contributed by atoms with Crippen LogP contribution in [0.5, 0.6) is 0 Å². The van der Waals surface area contributed by atoms with Gasteiger partial charge in [0.2, 0.25) is 5.91 Å². The highest BCUT2D eigenvalue weighted by molar-refractivity contribution is 7.11. The van der Waals surface area contributed by atoms with Gasteiger partial charge in [0.25, 0.3) is 5.56 Å². The van der Waals surface area contributed by atoms with Crippen LogP contribution in [-0.2, 0) is 30.6 Å². The van der Waals surface area contributed by atoms with Crippen molar-refractivity contribution in [3.05, 3.63) is 48.7 Å². The Morgan fingerprint density at radius 1 is 1.33 bits per heavy atom. The van der Waals surface area contributed by atoms with Crippen LogP contribution in [0.4, 0.5) is 0 Å². The Bertz CT molecular complexity index is 813. The summed E-state index contributed by atoms with van der Waals surface area (Å²) in [6.07, 6.45) is 7.00. The summed E-state index contributed by atoms with van der Waals surface area (Å²) >= 11 is 1.76. The number of nitrogens with zero attached hydrogens (tertiary/aromatic N) is 2. The van der Waals surface area contributed by atoms with Crippen molar-refractivity contribution in [2.45, 2.75) is 45.1 Å². The van der Waals surface area contributed by atoms with Crippen molar-refractivity contribution in [1.82, 2.24) is 19.9 Å². The lowest BCUT2D eigenvalue weighted by Crippen LogP contribution is -2.31. The standard InChI is InChI=1S/C16H20N4O3S/c21-13(6-9-20-10-7-14(22)19-16(20)23)17-8-5-15-18-11-3-1-2-4-12(11)24-15/h7,10H,1-6,8-9H2,(H,17,21)(H,19,22,23). The average Bonchev–Trinajstić information content (AvgIpc) is 2.96. The largest absolute Gasteiger partial charge is 0.356 e. The molecule has 128 valence electrons. The minimum Gasteiger partial charge on any atom is -0.356 e. The second-order valence-corrected chi connectivity index (χ2v) is 7.01. The van der Waals surface area contributed by atoms with Crippen LogP contribution < -0.4 is 16.6 Å². The highest BCUT2D eigenvalue weighted by atomic mass is 32.1. The Balaban J connectivity index is 1.43. The minimum atomic E-state index is -0.497. The summed E-state index contributed by atoms with van der Waals surface area (Å²) in [5.41, 5.74) is 0.306. The maximum Gasteiger partial charge on any atom is 0.328 e. The number of hydrogen-bond acceptors (Lipinski definition) is 5. The van der Waals surface area contributed by atoms with Crippen LogP contribution in [0.1, 0.15) is 34.8 Å². The number of fused-ring (bicyclic) bond motifs is 1. The molecular formula is C16H20N4O3S. The fraction of sp³-hybridized carbons (Fsp3) is 0.500. The molecule has 1 amide bonds. The summed E-state index contributed by atoms with van der Waals surface area (Å²) < 4.78 is 1.32. The number of rotatable bonds is 6. The third-order valence-electron chi connectivity index (χ3n) is 4.03. The average molecular weight is 348 g/mol. The first-order valence-corrected chi connectivity index (χ1v) is 8.97. The van der Waals surface area contributed by atoms with Crippen molar-refractivity contribution >= 4 is 17.2 Å². The zero-order valence-corrected chi connectivity index (χ0v) is 14.2. The number of aryl methyl sites for hydroxylation is 3. The lowest BCUT2D eigenvalue weighted by atomic mass is 10.0. The first-order valence-electron chi connectivity index (χ1n) is 8.16. The van der Waals surface area contributed by atoms with E-state index in [0.717, 1.165) is 24.3 Å². The predicted molar refractivity (Wildman–Crippen MR) is 91.4 cm³/mol. The van der Waals surface area contributed by atoms with Gasteiger partial charge < -0.3 is 9.88 Å². The molecule has 2 aromatic heterocycles. The van der Waals surface area contributed by atoms with E-state index < -0.39 is 11.2 Å². The van der Waals surface area contributed by atoms with Crippen molar-refractivity contribution in [1.29, 1.82) is 0 Å². The Labute approximate surface area is 142 Å². The zero-order valence-electron chi connectivity index (χ0n) is 13.3. The minimum absolute atomic E-state index is 0.116. The lowest BCUT2D eigenvalue weighted by Gasteiger charge is -2.06. The molecule has 0 saturated carbocycles. The predicted octanol–water partition coefficient (Wildman–Crippen LogP) is 0.621. The Morgan fingerprint density at radius 2 is 2.17 bits per heavy atom. The summed E-state index contributed by atoms with van der Waals surface area (Å²) in [4.78, 5) is 42.6. The molecule has 0 radical (unpaired) electrons. The van der Waals surface area contributed by atoms with Gasteiger partial charge in [-0.3, -0.25) is 14.6 Å². The maximum atomic E-state index is 11.9. The van der Waals surface area contributed by atoms with Gasteiger partial charge >= 0.3 is 5.69 Å². The molecule has 0 aliphatic heterocycles. The van der Waals surface area contributed by atoms with Gasteiger partial charge in [-0.25, -0.2) is 9.78 Å². The molecule has 0 fully saturated rings. The van der Waals surface area contributed by atoms with E-state index in [0.29, 0.717) is 6.54 Å². The van der Waals surface area contributed by atoms with Crippen molar-refractivity contribution < 1.29 is 4.79 Å². The molecule has 7 nitrogen and oxygen atoms in total. The monoisotopic (exact) mass is 348 g/mol. The van der Waals surface area contributed by atoms with E-state index in [2.05, 4.69) is 15.3 Å². The van der Waals surface area contributed by atoms with Crippen LogP contribution in [0.3, 0.4) is 0 Å². The summed E-state index contributed by atoms with van der Waals surface area (Å²) in [5.74, 6) is -0.116. The van der Waals surface area contributed by atoms with E-state index in [9.17, 15) is 14.4 Å².